The van der Waals surface area contributed by atoms with Crippen LogP contribution in [0.4, 0.5) is 0 Å². The zero-order valence-corrected chi connectivity index (χ0v) is 10.8. The predicted molar refractivity (Wildman–Crippen MR) is 68.5 cm³/mol. The van der Waals surface area contributed by atoms with E-state index in [1.807, 2.05) is 0 Å². The van der Waals surface area contributed by atoms with Crippen molar-refractivity contribution in [1.29, 1.82) is 0 Å². The third-order valence-electron chi connectivity index (χ3n) is 3.16. The molecule has 0 saturated carbocycles. The van der Waals surface area contributed by atoms with Gasteiger partial charge in [0.05, 0.1) is 11.5 Å². The van der Waals surface area contributed by atoms with E-state index in [1.165, 1.54) is 6.39 Å². The molecule has 19 heavy (non-hydrogen) atoms. The Labute approximate surface area is 109 Å². The van der Waals surface area contributed by atoms with Crippen LogP contribution in [0.25, 0.3) is 11.1 Å². The van der Waals surface area contributed by atoms with Crippen LogP contribution in [0.1, 0.15) is 16.8 Å². The second kappa shape index (κ2) is 4.34. The van der Waals surface area contributed by atoms with E-state index in [1.54, 1.807) is 18.2 Å². The van der Waals surface area contributed by atoms with Crippen molar-refractivity contribution in [1.82, 2.24) is 10.3 Å². The van der Waals surface area contributed by atoms with Gasteiger partial charge in [0, 0.05) is 11.6 Å². The van der Waals surface area contributed by atoms with E-state index >= 15 is 0 Å². The number of rotatable bonds is 2. The van der Waals surface area contributed by atoms with Crippen molar-refractivity contribution < 1.29 is 17.6 Å². The van der Waals surface area contributed by atoms with Crippen LogP contribution in [0.5, 0.6) is 0 Å². The summed E-state index contributed by atoms with van der Waals surface area (Å²) in [6.45, 7) is 0. The Morgan fingerprint density at radius 2 is 2.26 bits per heavy atom. The zero-order chi connectivity index (χ0) is 13.5. The fourth-order valence-corrected chi connectivity index (χ4v) is 3.85. The van der Waals surface area contributed by atoms with Crippen LogP contribution in [0, 0.1) is 0 Å². The SMILES string of the molecule is O=C(NC1CCS(=O)(=O)C1)c1ccc2ocnc2c1. The van der Waals surface area contributed by atoms with Crippen LogP contribution < -0.4 is 5.32 Å². The van der Waals surface area contributed by atoms with Gasteiger partial charge in [-0.25, -0.2) is 13.4 Å². The number of carbonyl (C=O) groups excluding carboxylic acids is 1. The molecule has 1 aromatic carbocycles. The highest BCUT2D eigenvalue weighted by molar-refractivity contribution is 7.91. The number of carbonyl (C=O) groups is 1. The first-order valence-electron chi connectivity index (χ1n) is 5.88. The van der Waals surface area contributed by atoms with Gasteiger partial charge in [0.15, 0.2) is 21.8 Å². The second-order valence-corrected chi connectivity index (χ2v) is 6.84. The van der Waals surface area contributed by atoms with Crippen molar-refractivity contribution in [2.75, 3.05) is 11.5 Å². The van der Waals surface area contributed by atoms with Gasteiger partial charge < -0.3 is 9.73 Å². The number of oxazole rings is 1. The second-order valence-electron chi connectivity index (χ2n) is 4.61. The highest BCUT2D eigenvalue weighted by atomic mass is 32.2. The Morgan fingerprint density at radius 1 is 1.42 bits per heavy atom. The van der Waals surface area contributed by atoms with Gasteiger partial charge in [-0.15, -0.1) is 0 Å². The summed E-state index contributed by atoms with van der Waals surface area (Å²) in [6.07, 6.45) is 1.79. The number of sulfone groups is 1. The van der Waals surface area contributed by atoms with Crippen molar-refractivity contribution >= 4 is 26.8 Å². The van der Waals surface area contributed by atoms with Gasteiger partial charge in [-0.3, -0.25) is 4.79 Å². The first-order chi connectivity index (χ1) is 9.03. The van der Waals surface area contributed by atoms with Crippen molar-refractivity contribution in [3.8, 4) is 0 Å². The van der Waals surface area contributed by atoms with Crippen molar-refractivity contribution in [3.63, 3.8) is 0 Å². The molecular formula is C12H12N2O4S. The molecule has 2 aromatic rings. The van der Waals surface area contributed by atoms with Crippen LogP contribution in [-0.4, -0.2) is 36.9 Å². The summed E-state index contributed by atoms with van der Waals surface area (Å²) in [7, 11) is -2.99. The predicted octanol–water partition coefficient (Wildman–Crippen LogP) is 0.745. The van der Waals surface area contributed by atoms with E-state index in [2.05, 4.69) is 10.3 Å². The molecule has 1 fully saturated rings. The van der Waals surface area contributed by atoms with Gasteiger partial charge >= 0.3 is 0 Å². The molecule has 0 radical (unpaired) electrons. The Hall–Kier alpha value is -1.89. The van der Waals surface area contributed by atoms with Crippen LogP contribution in [-0.2, 0) is 9.84 Å². The van der Waals surface area contributed by atoms with Crippen molar-refractivity contribution in [2.45, 2.75) is 12.5 Å². The Bertz CT molecular complexity index is 735. The van der Waals surface area contributed by atoms with E-state index < -0.39 is 9.84 Å². The maximum Gasteiger partial charge on any atom is 0.251 e. The lowest BCUT2D eigenvalue weighted by atomic mass is 10.1. The molecule has 0 aliphatic carbocycles. The number of nitrogens with zero attached hydrogens (tertiary/aromatic N) is 1. The molecule has 0 bridgehead atoms. The highest BCUT2D eigenvalue weighted by Crippen LogP contribution is 2.16. The summed E-state index contributed by atoms with van der Waals surface area (Å²) < 4.78 is 27.7. The molecule has 1 unspecified atom stereocenters. The molecule has 1 N–H and O–H groups in total. The average Bonchev–Trinajstić information content (AvgIpc) is 2.94. The molecule has 1 aromatic heterocycles. The average molecular weight is 280 g/mol. The summed E-state index contributed by atoms with van der Waals surface area (Å²) in [5.74, 6) is -0.127. The maximum absolute atomic E-state index is 12.0. The Balaban J connectivity index is 1.76. The minimum Gasteiger partial charge on any atom is -0.443 e. The first kappa shape index (κ1) is 12.2. The fraction of sp³-hybridized carbons (Fsp3) is 0.333. The lowest BCUT2D eigenvalue weighted by Crippen LogP contribution is -2.35. The van der Waals surface area contributed by atoms with Crippen LogP contribution in [0.2, 0.25) is 0 Å². The lowest BCUT2D eigenvalue weighted by molar-refractivity contribution is 0.0941. The molecule has 3 rings (SSSR count). The number of hydrogen-bond acceptors (Lipinski definition) is 5. The monoisotopic (exact) mass is 280 g/mol. The van der Waals surface area contributed by atoms with Crippen LogP contribution in [0.15, 0.2) is 29.0 Å². The topological polar surface area (TPSA) is 89.3 Å². The summed E-state index contributed by atoms with van der Waals surface area (Å²) in [4.78, 5) is 16.0. The Morgan fingerprint density at radius 3 is 3.00 bits per heavy atom. The number of nitrogens with one attached hydrogen (secondary N) is 1. The van der Waals surface area contributed by atoms with Gasteiger partial charge in [0.25, 0.3) is 5.91 Å². The zero-order valence-electron chi connectivity index (χ0n) is 10.00. The van der Waals surface area contributed by atoms with E-state index in [-0.39, 0.29) is 23.5 Å². The molecule has 7 heteroatoms. The molecule has 1 aliphatic rings. The summed E-state index contributed by atoms with van der Waals surface area (Å²) >= 11 is 0. The molecule has 2 heterocycles. The summed E-state index contributed by atoms with van der Waals surface area (Å²) in [6, 6.07) is 4.62. The third-order valence-corrected chi connectivity index (χ3v) is 4.93. The summed E-state index contributed by atoms with van der Waals surface area (Å²) in [5, 5.41) is 2.73. The molecular weight excluding hydrogens is 268 g/mol. The van der Waals surface area contributed by atoms with Gasteiger partial charge in [-0.1, -0.05) is 0 Å². The number of fused-ring (bicyclic) bond motifs is 1. The van der Waals surface area contributed by atoms with E-state index in [0.717, 1.165) is 0 Å². The Kier molecular flexibility index (Phi) is 2.78. The number of aromatic nitrogens is 1. The van der Waals surface area contributed by atoms with Crippen molar-refractivity contribution in [3.05, 3.63) is 30.2 Å². The standard InChI is InChI=1S/C12H12N2O4S/c15-12(14-9-3-4-19(16,17)6-9)8-1-2-11-10(5-8)13-7-18-11/h1-2,5,7,9H,3-4,6H2,(H,14,15). The van der Waals surface area contributed by atoms with E-state index in [0.29, 0.717) is 23.1 Å². The number of benzene rings is 1. The molecule has 6 nitrogen and oxygen atoms in total. The minimum atomic E-state index is -2.99. The number of amides is 1. The first-order valence-corrected chi connectivity index (χ1v) is 7.70. The molecule has 1 aliphatic heterocycles. The quantitative estimate of drug-likeness (QED) is 0.876. The van der Waals surface area contributed by atoms with Crippen LogP contribution >= 0.6 is 0 Å². The maximum atomic E-state index is 12.0. The van der Waals surface area contributed by atoms with Gasteiger partial charge in [-0.05, 0) is 24.6 Å². The molecule has 100 valence electrons. The molecule has 1 saturated heterocycles. The minimum absolute atomic E-state index is 0.0188. The molecule has 1 atom stereocenters. The highest BCUT2D eigenvalue weighted by Gasteiger charge is 2.29. The molecule has 1 amide bonds. The number of hydrogen-bond donors (Lipinski definition) is 1. The van der Waals surface area contributed by atoms with E-state index in [9.17, 15) is 13.2 Å². The van der Waals surface area contributed by atoms with Gasteiger partial charge in [0.2, 0.25) is 0 Å². The summed E-state index contributed by atoms with van der Waals surface area (Å²) in [5.41, 5.74) is 1.66. The third kappa shape index (κ3) is 2.46. The van der Waals surface area contributed by atoms with Gasteiger partial charge in [0.1, 0.15) is 5.52 Å². The largest absolute Gasteiger partial charge is 0.443 e. The fourth-order valence-electron chi connectivity index (χ4n) is 2.18. The lowest BCUT2D eigenvalue weighted by Gasteiger charge is -2.10. The smallest absolute Gasteiger partial charge is 0.251 e. The van der Waals surface area contributed by atoms with Gasteiger partial charge in [-0.2, -0.15) is 0 Å². The van der Waals surface area contributed by atoms with E-state index in [4.69, 9.17) is 4.42 Å². The van der Waals surface area contributed by atoms with Crippen LogP contribution in [0.3, 0.4) is 0 Å². The van der Waals surface area contributed by atoms with Crippen molar-refractivity contribution in [2.24, 2.45) is 0 Å². The molecule has 0 spiro atoms. The normalized spacial score (nSPS) is 21.6.